The van der Waals surface area contributed by atoms with Crippen LogP contribution >= 0.6 is 0 Å². The maximum atomic E-state index is 14.5. The van der Waals surface area contributed by atoms with Crippen molar-refractivity contribution in [2.24, 2.45) is 7.05 Å². The van der Waals surface area contributed by atoms with E-state index >= 15 is 0 Å². The molecule has 2 aromatic carbocycles. The number of hydrogen-bond acceptors (Lipinski definition) is 5. The van der Waals surface area contributed by atoms with Crippen molar-refractivity contribution in [1.29, 1.82) is 0 Å². The quantitative estimate of drug-likeness (QED) is 0.449. The van der Waals surface area contributed by atoms with E-state index in [1.807, 2.05) is 31.4 Å². The Morgan fingerprint density at radius 1 is 1.03 bits per heavy atom. The fraction of sp³-hybridized carbons (Fsp3) is 0.0870. The number of halogens is 2. The summed E-state index contributed by atoms with van der Waals surface area (Å²) in [4.78, 5) is 24.7. The maximum Gasteiger partial charge on any atom is 0.231 e. The number of carbonyl (C=O) groups excluding carboxylic acids is 1. The normalized spacial score (nSPS) is 11.2. The number of amides is 1. The number of imidazole rings is 1. The number of benzene rings is 2. The Balaban J connectivity index is 1.64. The molecule has 0 atom stereocenters. The summed E-state index contributed by atoms with van der Waals surface area (Å²) in [6.07, 6.45) is 5.26. The van der Waals surface area contributed by atoms with Gasteiger partial charge in [0.05, 0.1) is 22.9 Å². The fourth-order valence-electron chi connectivity index (χ4n) is 3.55. The number of rotatable bonds is 4. The van der Waals surface area contributed by atoms with Crippen LogP contribution in [0.15, 0.2) is 61.2 Å². The first-order valence-electron chi connectivity index (χ1n) is 9.96. The first-order valence-corrected chi connectivity index (χ1v) is 9.96. The van der Waals surface area contributed by atoms with Crippen molar-refractivity contribution in [3.8, 4) is 28.2 Å². The van der Waals surface area contributed by atoms with Crippen molar-refractivity contribution in [2.45, 2.75) is 6.92 Å². The van der Waals surface area contributed by atoms with Gasteiger partial charge in [-0.25, -0.2) is 18.7 Å². The minimum Gasteiger partial charge on any atom is -0.295 e. The van der Waals surface area contributed by atoms with Crippen LogP contribution in [0.3, 0.4) is 0 Å². The lowest BCUT2D eigenvalue weighted by Crippen LogP contribution is -2.11. The molecule has 0 fully saturated rings. The molecule has 8 nitrogen and oxygen atoms in total. The van der Waals surface area contributed by atoms with Gasteiger partial charge in [-0.05, 0) is 29.8 Å². The van der Waals surface area contributed by atoms with Gasteiger partial charge < -0.3 is 0 Å². The van der Waals surface area contributed by atoms with E-state index in [0.29, 0.717) is 11.3 Å². The number of carbonyl (C=O) groups is 1. The molecule has 0 radical (unpaired) electrons. The van der Waals surface area contributed by atoms with Gasteiger partial charge in [0.25, 0.3) is 0 Å². The van der Waals surface area contributed by atoms with Gasteiger partial charge in [0.15, 0.2) is 0 Å². The van der Waals surface area contributed by atoms with Crippen LogP contribution in [0.5, 0.6) is 0 Å². The Labute approximate surface area is 186 Å². The van der Waals surface area contributed by atoms with Gasteiger partial charge in [0.1, 0.15) is 23.8 Å². The Hall–Kier alpha value is -4.47. The molecule has 5 aromatic rings. The summed E-state index contributed by atoms with van der Waals surface area (Å²) in [6, 6.07) is 10.5. The van der Waals surface area contributed by atoms with Gasteiger partial charge >= 0.3 is 0 Å². The van der Waals surface area contributed by atoms with Gasteiger partial charge in [-0.3, -0.25) is 19.4 Å². The molecule has 0 saturated carbocycles. The van der Waals surface area contributed by atoms with Gasteiger partial charge in [-0.1, -0.05) is 6.07 Å². The van der Waals surface area contributed by atoms with E-state index in [0.717, 1.165) is 28.8 Å². The molecule has 164 valence electrons. The number of aromatic nitrogens is 6. The van der Waals surface area contributed by atoms with Crippen molar-refractivity contribution in [3.63, 3.8) is 0 Å². The first kappa shape index (κ1) is 20.4. The molecule has 0 aliphatic carbocycles. The molecular formula is C23H17F2N7O. The van der Waals surface area contributed by atoms with Crippen LogP contribution < -0.4 is 5.32 Å². The molecular weight excluding hydrogens is 428 g/mol. The molecule has 0 bridgehead atoms. The zero-order chi connectivity index (χ0) is 23.1. The Morgan fingerprint density at radius 3 is 2.61 bits per heavy atom. The van der Waals surface area contributed by atoms with Gasteiger partial charge in [-0.15, -0.1) is 0 Å². The third-order valence-electron chi connectivity index (χ3n) is 5.04. The number of nitrogens with zero attached hydrogens (tertiary/aromatic N) is 6. The second kappa shape index (κ2) is 7.90. The Bertz CT molecular complexity index is 1520. The minimum absolute atomic E-state index is 0.00689. The van der Waals surface area contributed by atoms with Crippen LogP contribution in [0.2, 0.25) is 0 Å². The number of nitrogens with one attached hydrogen (secondary N) is 1. The molecule has 1 amide bonds. The topological polar surface area (TPSA) is 90.5 Å². The number of hydrogen-bond donors (Lipinski definition) is 1. The molecule has 3 aromatic heterocycles. The largest absolute Gasteiger partial charge is 0.295 e. The van der Waals surface area contributed by atoms with Crippen LogP contribution in [0.25, 0.3) is 39.2 Å². The van der Waals surface area contributed by atoms with Crippen molar-refractivity contribution in [3.05, 3.63) is 72.8 Å². The second-order valence-corrected chi connectivity index (χ2v) is 7.46. The highest BCUT2D eigenvalue weighted by atomic mass is 19.1. The predicted octanol–water partition coefficient (Wildman–Crippen LogP) is 4.12. The lowest BCUT2D eigenvalue weighted by Gasteiger charge is -2.10. The maximum absolute atomic E-state index is 14.5. The molecule has 10 heteroatoms. The van der Waals surface area contributed by atoms with E-state index in [9.17, 15) is 13.6 Å². The second-order valence-electron chi connectivity index (χ2n) is 7.46. The van der Waals surface area contributed by atoms with E-state index in [-0.39, 0.29) is 23.1 Å². The van der Waals surface area contributed by atoms with Crippen molar-refractivity contribution >= 4 is 22.9 Å². The van der Waals surface area contributed by atoms with Gasteiger partial charge in [-0.2, -0.15) is 10.1 Å². The van der Waals surface area contributed by atoms with Gasteiger partial charge in [0, 0.05) is 43.4 Å². The molecule has 33 heavy (non-hydrogen) atoms. The van der Waals surface area contributed by atoms with Crippen LogP contribution in [-0.2, 0) is 11.8 Å². The standard InChI is InChI=1S/C23H17F2N7O/c1-13(33)28-23-29-19(17-5-4-16(24)8-18(17)25)9-22(30-23)32-12-26-20-7-14(3-6-21(20)32)15-10-27-31(2)11-15/h3-12H,1-2H3,(H,28,29,30,33). The predicted molar refractivity (Wildman–Crippen MR) is 119 cm³/mol. The van der Waals surface area contributed by atoms with E-state index in [4.69, 9.17) is 0 Å². The van der Waals surface area contributed by atoms with Crippen LogP contribution in [-0.4, -0.2) is 35.2 Å². The number of anilines is 1. The Kier molecular flexibility index (Phi) is 4.89. The van der Waals surface area contributed by atoms with Crippen LogP contribution in [0, 0.1) is 11.6 Å². The fourth-order valence-corrected chi connectivity index (χ4v) is 3.55. The summed E-state index contributed by atoms with van der Waals surface area (Å²) < 4.78 is 31.3. The van der Waals surface area contributed by atoms with E-state index in [1.165, 1.54) is 13.0 Å². The SMILES string of the molecule is CC(=O)Nc1nc(-c2ccc(F)cc2F)cc(-n2cnc3cc(-c4cnn(C)c4)ccc32)n1. The van der Waals surface area contributed by atoms with Gasteiger partial charge in [0.2, 0.25) is 11.9 Å². The lowest BCUT2D eigenvalue weighted by molar-refractivity contribution is -0.114. The number of aryl methyl sites for hydroxylation is 1. The van der Waals surface area contributed by atoms with Crippen LogP contribution in [0.1, 0.15) is 6.92 Å². The van der Waals surface area contributed by atoms with Crippen molar-refractivity contribution < 1.29 is 13.6 Å². The molecule has 0 aliphatic heterocycles. The lowest BCUT2D eigenvalue weighted by atomic mass is 10.1. The van der Waals surface area contributed by atoms with E-state index in [2.05, 4.69) is 25.4 Å². The summed E-state index contributed by atoms with van der Waals surface area (Å²) in [5, 5.41) is 6.72. The molecule has 1 N–H and O–H groups in total. The summed E-state index contributed by atoms with van der Waals surface area (Å²) in [6.45, 7) is 1.32. The third-order valence-corrected chi connectivity index (χ3v) is 5.04. The first-order chi connectivity index (χ1) is 15.9. The van der Waals surface area contributed by atoms with Crippen molar-refractivity contribution in [2.75, 3.05) is 5.32 Å². The highest BCUT2D eigenvalue weighted by molar-refractivity contribution is 5.87. The van der Waals surface area contributed by atoms with Crippen molar-refractivity contribution in [1.82, 2.24) is 29.3 Å². The van der Waals surface area contributed by atoms with E-state index in [1.54, 1.807) is 27.8 Å². The molecule has 0 unspecified atom stereocenters. The minimum atomic E-state index is -0.773. The highest BCUT2D eigenvalue weighted by Gasteiger charge is 2.15. The third kappa shape index (κ3) is 3.93. The molecule has 5 rings (SSSR count). The zero-order valence-electron chi connectivity index (χ0n) is 17.6. The van der Waals surface area contributed by atoms with Crippen LogP contribution in [0.4, 0.5) is 14.7 Å². The molecule has 0 saturated heterocycles. The smallest absolute Gasteiger partial charge is 0.231 e. The summed E-state index contributed by atoms with van der Waals surface area (Å²) in [5.74, 6) is -1.49. The monoisotopic (exact) mass is 445 g/mol. The average Bonchev–Trinajstić information content (AvgIpc) is 3.38. The summed E-state index contributed by atoms with van der Waals surface area (Å²) in [5.41, 5.74) is 3.64. The Morgan fingerprint density at radius 2 is 1.88 bits per heavy atom. The highest BCUT2D eigenvalue weighted by Crippen LogP contribution is 2.28. The summed E-state index contributed by atoms with van der Waals surface area (Å²) in [7, 11) is 1.85. The zero-order valence-corrected chi connectivity index (χ0v) is 17.6. The molecule has 3 heterocycles. The summed E-state index contributed by atoms with van der Waals surface area (Å²) >= 11 is 0. The number of fused-ring (bicyclic) bond motifs is 1. The average molecular weight is 445 g/mol. The molecule has 0 aliphatic rings. The molecule has 0 spiro atoms. The van der Waals surface area contributed by atoms with E-state index < -0.39 is 11.6 Å².